The molecular weight excluding hydrogens is 376 g/mol. The number of aliphatic hydroxyl groups is 1. The standard InChI is InChI=1S/C22H34O7/c1-6-13(23)15(24)17-20(3,4)14-9-10-21(17,5)22(28-14)11-8-12-16(29-22)19(26-7-2)27-18(12)25/h12-14,16-17,19,23H,6-11H2,1-5H3/t12-,13+,14+,16+,17+,19+,21-,22-/m0/s1. The lowest BCUT2D eigenvalue weighted by Crippen LogP contribution is -2.73. The number of carbonyl (C=O) groups excluding carboxylic acids is 2. The van der Waals surface area contributed by atoms with Gasteiger partial charge in [0.05, 0.1) is 12.0 Å². The van der Waals surface area contributed by atoms with E-state index in [-0.39, 0.29) is 23.8 Å². The van der Waals surface area contributed by atoms with Crippen molar-refractivity contribution in [3.8, 4) is 0 Å². The Bertz CT molecular complexity index is 691. The second-order valence-corrected chi connectivity index (χ2v) is 9.88. The van der Waals surface area contributed by atoms with Gasteiger partial charge in [0.15, 0.2) is 11.6 Å². The first-order valence-electron chi connectivity index (χ1n) is 11.0. The molecule has 7 heteroatoms. The first kappa shape index (κ1) is 21.2. The number of ketones is 1. The number of fused-ring (bicyclic) bond motifs is 3. The number of aliphatic hydroxyl groups excluding tert-OH is 1. The van der Waals surface area contributed by atoms with Crippen molar-refractivity contribution < 1.29 is 33.6 Å². The normalized spacial score (nSPS) is 46.4. The molecule has 5 rings (SSSR count). The van der Waals surface area contributed by atoms with Gasteiger partial charge in [0.2, 0.25) is 6.29 Å². The lowest BCUT2D eigenvalue weighted by molar-refractivity contribution is -0.429. The van der Waals surface area contributed by atoms with Crippen molar-refractivity contribution in [2.75, 3.05) is 6.61 Å². The maximum Gasteiger partial charge on any atom is 0.314 e. The Morgan fingerprint density at radius 3 is 2.59 bits per heavy atom. The lowest BCUT2D eigenvalue weighted by atomic mass is 9.47. The highest BCUT2D eigenvalue weighted by Gasteiger charge is 2.72. The quantitative estimate of drug-likeness (QED) is 0.697. The molecule has 0 aromatic carbocycles. The van der Waals surface area contributed by atoms with Gasteiger partial charge >= 0.3 is 5.97 Å². The Morgan fingerprint density at radius 2 is 1.93 bits per heavy atom. The van der Waals surface area contributed by atoms with E-state index >= 15 is 0 Å². The highest BCUT2D eigenvalue weighted by Crippen LogP contribution is 2.67. The molecule has 29 heavy (non-hydrogen) atoms. The summed E-state index contributed by atoms with van der Waals surface area (Å²) in [5.41, 5.74) is -1.02. The second kappa shape index (κ2) is 7.01. The molecule has 1 spiro atoms. The van der Waals surface area contributed by atoms with E-state index in [0.717, 1.165) is 12.8 Å². The van der Waals surface area contributed by atoms with E-state index in [9.17, 15) is 14.7 Å². The summed E-state index contributed by atoms with van der Waals surface area (Å²) in [5, 5.41) is 10.4. The van der Waals surface area contributed by atoms with Gasteiger partial charge in [0.25, 0.3) is 0 Å². The number of esters is 1. The van der Waals surface area contributed by atoms with Gasteiger partial charge in [-0.05, 0) is 32.6 Å². The van der Waals surface area contributed by atoms with E-state index in [1.54, 1.807) is 0 Å². The highest BCUT2D eigenvalue weighted by molar-refractivity contribution is 5.87. The van der Waals surface area contributed by atoms with Crippen LogP contribution >= 0.6 is 0 Å². The van der Waals surface area contributed by atoms with Gasteiger partial charge in [-0.3, -0.25) is 9.59 Å². The Hall–Kier alpha value is -1.02. The minimum atomic E-state index is -0.989. The monoisotopic (exact) mass is 410 g/mol. The molecule has 7 nitrogen and oxygen atoms in total. The van der Waals surface area contributed by atoms with E-state index in [1.807, 2.05) is 13.8 Å². The zero-order valence-corrected chi connectivity index (χ0v) is 18.1. The zero-order valence-electron chi connectivity index (χ0n) is 18.1. The van der Waals surface area contributed by atoms with Crippen molar-refractivity contribution in [1.29, 1.82) is 0 Å². The smallest absolute Gasteiger partial charge is 0.314 e. The lowest BCUT2D eigenvalue weighted by Gasteiger charge is -2.68. The van der Waals surface area contributed by atoms with Crippen LogP contribution in [0.4, 0.5) is 0 Å². The van der Waals surface area contributed by atoms with Gasteiger partial charge in [0.1, 0.15) is 12.2 Å². The molecule has 0 aromatic rings. The maximum atomic E-state index is 13.3. The average molecular weight is 411 g/mol. The molecule has 2 bridgehead atoms. The summed E-state index contributed by atoms with van der Waals surface area (Å²) in [5.74, 6) is -2.16. The number of ether oxygens (including phenoxy) is 4. The fourth-order valence-corrected chi connectivity index (χ4v) is 6.45. The Kier molecular flexibility index (Phi) is 5.13. The van der Waals surface area contributed by atoms with Crippen LogP contribution in [0.15, 0.2) is 0 Å². The number of cyclic esters (lactones) is 1. The molecule has 1 saturated carbocycles. The number of Topliss-reactive ketones (excluding diaryl/α,β-unsaturated/α-hetero) is 1. The van der Waals surface area contributed by atoms with Gasteiger partial charge in [0, 0.05) is 29.8 Å². The van der Waals surface area contributed by atoms with Crippen LogP contribution in [0.2, 0.25) is 0 Å². The van der Waals surface area contributed by atoms with Gasteiger partial charge in [-0.25, -0.2) is 0 Å². The molecule has 4 saturated heterocycles. The van der Waals surface area contributed by atoms with Crippen molar-refractivity contribution in [2.24, 2.45) is 22.7 Å². The van der Waals surface area contributed by atoms with Crippen molar-refractivity contribution in [2.45, 2.75) is 97.1 Å². The molecule has 1 aliphatic carbocycles. The predicted octanol–water partition coefficient (Wildman–Crippen LogP) is 2.58. The van der Waals surface area contributed by atoms with Crippen LogP contribution < -0.4 is 0 Å². The molecule has 0 aromatic heterocycles. The van der Waals surface area contributed by atoms with E-state index < -0.39 is 41.0 Å². The molecule has 4 aliphatic heterocycles. The first-order chi connectivity index (χ1) is 13.6. The van der Waals surface area contributed by atoms with E-state index in [4.69, 9.17) is 18.9 Å². The van der Waals surface area contributed by atoms with Crippen LogP contribution in [0.5, 0.6) is 0 Å². The van der Waals surface area contributed by atoms with Crippen LogP contribution in [0.1, 0.15) is 66.7 Å². The summed E-state index contributed by atoms with van der Waals surface area (Å²) >= 11 is 0. The zero-order chi connectivity index (χ0) is 21.2. The molecule has 4 heterocycles. The summed E-state index contributed by atoms with van der Waals surface area (Å²) in [6.45, 7) is 10.3. The molecule has 0 radical (unpaired) electrons. The number of carbonyl (C=O) groups is 2. The topological polar surface area (TPSA) is 91.3 Å². The Labute approximate surface area is 172 Å². The van der Waals surface area contributed by atoms with Crippen LogP contribution in [-0.2, 0) is 28.5 Å². The predicted molar refractivity (Wildman–Crippen MR) is 103 cm³/mol. The summed E-state index contributed by atoms with van der Waals surface area (Å²) in [6, 6.07) is 0. The molecule has 164 valence electrons. The SMILES string of the molecule is CCO[C@@H]1OC(=O)[C@H]2CC[C@@]3(O[C@@H]12)O[C@@H]1CC[C@@]3(C)[C@H](C(=O)[C@H](O)CC)C1(C)C. The van der Waals surface area contributed by atoms with Crippen LogP contribution in [0.25, 0.3) is 0 Å². The van der Waals surface area contributed by atoms with E-state index in [2.05, 4.69) is 20.8 Å². The summed E-state index contributed by atoms with van der Waals surface area (Å²) in [4.78, 5) is 25.6. The average Bonchev–Trinajstić information content (AvgIpc) is 2.97. The third-order valence-electron chi connectivity index (χ3n) is 7.98. The van der Waals surface area contributed by atoms with Crippen molar-refractivity contribution in [3.05, 3.63) is 0 Å². The second-order valence-electron chi connectivity index (χ2n) is 9.88. The van der Waals surface area contributed by atoms with E-state index in [0.29, 0.717) is 25.9 Å². The molecule has 0 amide bonds. The summed E-state index contributed by atoms with van der Waals surface area (Å²) in [6.07, 6.45) is 0.690. The minimum absolute atomic E-state index is 0.127. The minimum Gasteiger partial charge on any atom is -0.433 e. The number of hydrogen-bond acceptors (Lipinski definition) is 7. The van der Waals surface area contributed by atoms with Crippen molar-refractivity contribution >= 4 is 11.8 Å². The van der Waals surface area contributed by atoms with Crippen molar-refractivity contribution in [3.63, 3.8) is 0 Å². The van der Waals surface area contributed by atoms with Gasteiger partial charge in [-0.15, -0.1) is 0 Å². The first-order valence-corrected chi connectivity index (χ1v) is 11.0. The molecule has 8 atom stereocenters. The largest absolute Gasteiger partial charge is 0.433 e. The summed E-state index contributed by atoms with van der Waals surface area (Å²) in [7, 11) is 0. The van der Waals surface area contributed by atoms with Crippen LogP contribution in [0.3, 0.4) is 0 Å². The Morgan fingerprint density at radius 1 is 1.21 bits per heavy atom. The Balaban J connectivity index is 1.71. The van der Waals surface area contributed by atoms with Gasteiger partial charge in [-0.1, -0.05) is 27.7 Å². The van der Waals surface area contributed by atoms with Gasteiger partial charge in [-0.2, -0.15) is 0 Å². The van der Waals surface area contributed by atoms with E-state index in [1.165, 1.54) is 0 Å². The highest BCUT2D eigenvalue weighted by atomic mass is 16.8. The van der Waals surface area contributed by atoms with Crippen LogP contribution in [-0.4, -0.2) is 53.9 Å². The molecule has 5 aliphatic rings. The number of hydrogen-bond donors (Lipinski definition) is 1. The molecule has 5 fully saturated rings. The fourth-order valence-electron chi connectivity index (χ4n) is 6.45. The maximum absolute atomic E-state index is 13.3. The van der Waals surface area contributed by atoms with Crippen molar-refractivity contribution in [1.82, 2.24) is 0 Å². The number of rotatable bonds is 5. The van der Waals surface area contributed by atoms with Crippen LogP contribution in [0, 0.1) is 22.7 Å². The van der Waals surface area contributed by atoms with Gasteiger partial charge < -0.3 is 24.1 Å². The fraction of sp³-hybridized carbons (Fsp3) is 0.909. The third kappa shape index (κ3) is 2.84. The summed E-state index contributed by atoms with van der Waals surface area (Å²) < 4.78 is 24.2. The molecular formula is C22H34O7. The molecule has 1 N–H and O–H groups in total. The third-order valence-corrected chi connectivity index (χ3v) is 7.98. The molecule has 0 unspecified atom stereocenters.